The van der Waals surface area contributed by atoms with E-state index in [0.29, 0.717) is 5.75 Å². The number of nitrogens with zero attached hydrogens (tertiary/aromatic N) is 1. The molecule has 0 bridgehead atoms. The number of non-ortho nitro benzene ring substituents is 1. The first-order chi connectivity index (χ1) is 9.69. The number of ether oxygens (including phenoxy) is 1. The fourth-order valence-corrected chi connectivity index (χ4v) is 1.88. The Morgan fingerprint density at radius 2 is 1.55 bits per heavy atom. The normalized spacial score (nSPS) is 10.2. The van der Waals surface area contributed by atoms with Gasteiger partial charge in [-0.25, -0.2) is 0 Å². The molecule has 0 aliphatic carbocycles. The fraction of sp³-hybridized carbons (Fsp3) is 0.250. The van der Waals surface area contributed by atoms with Crippen LogP contribution >= 0.6 is 0 Å². The second-order valence-corrected chi connectivity index (χ2v) is 4.60. The van der Waals surface area contributed by atoms with Gasteiger partial charge in [0, 0.05) is 12.1 Å². The molecule has 4 nitrogen and oxygen atoms in total. The summed E-state index contributed by atoms with van der Waals surface area (Å²) >= 11 is 0. The van der Waals surface area contributed by atoms with Crippen LogP contribution < -0.4 is 4.74 Å². The van der Waals surface area contributed by atoms with Crippen LogP contribution in [0.2, 0.25) is 0 Å². The van der Waals surface area contributed by atoms with E-state index in [1.165, 1.54) is 30.5 Å². The molecule has 0 saturated heterocycles. The van der Waals surface area contributed by atoms with E-state index in [2.05, 4.69) is 19.1 Å². The zero-order valence-corrected chi connectivity index (χ0v) is 11.4. The lowest BCUT2D eigenvalue weighted by molar-refractivity contribution is -0.384. The van der Waals surface area contributed by atoms with E-state index in [1.54, 1.807) is 12.1 Å². The summed E-state index contributed by atoms with van der Waals surface area (Å²) < 4.78 is 5.65. The molecule has 0 saturated carbocycles. The summed E-state index contributed by atoms with van der Waals surface area (Å²) in [6.07, 6.45) is 3.44. The zero-order chi connectivity index (χ0) is 14.4. The molecular formula is C16H17NO3. The lowest BCUT2D eigenvalue weighted by Crippen LogP contribution is -1.89. The van der Waals surface area contributed by atoms with Crippen molar-refractivity contribution in [1.29, 1.82) is 0 Å². The molecule has 0 heterocycles. The van der Waals surface area contributed by atoms with Crippen molar-refractivity contribution in [2.24, 2.45) is 0 Å². The predicted molar refractivity (Wildman–Crippen MR) is 78.2 cm³/mol. The van der Waals surface area contributed by atoms with Gasteiger partial charge in [0.05, 0.1) is 4.92 Å². The number of rotatable bonds is 6. The van der Waals surface area contributed by atoms with Gasteiger partial charge in [-0.3, -0.25) is 10.1 Å². The van der Waals surface area contributed by atoms with Gasteiger partial charge in [0.2, 0.25) is 0 Å². The van der Waals surface area contributed by atoms with Crippen LogP contribution in [0.3, 0.4) is 0 Å². The van der Waals surface area contributed by atoms with E-state index >= 15 is 0 Å². The molecule has 0 aliphatic heterocycles. The third-order valence-electron chi connectivity index (χ3n) is 3.03. The standard InChI is InChI=1S/C16H17NO3/c1-2-3-4-13-5-9-15(10-6-13)20-16-11-7-14(8-12-16)17(18)19/h5-12H,2-4H2,1H3. The maximum atomic E-state index is 10.6. The number of benzene rings is 2. The highest BCUT2D eigenvalue weighted by Gasteiger charge is 2.05. The van der Waals surface area contributed by atoms with Gasteiger partial charge >= 0.3 is 0 Å². The first kappa shape index (κ1) is 14.1. The Balaban J connectivity index is 2.00. The highest BCUT2D eigenvalue weighted by molar-refractivity contribution is 5.39. The van der Waals surface area contributed by atoms with E-state index in [-0.39, 0.29) is 5.69 Å². The molecule has 0 N–H and O–H groups in total. The molecule has 2 rings (SSSR count). The fourth-order valence-electron chi connectivity index (χ4n) is 1.88. The zero-order valence-electron chi connectivity index (χ0n) is 11.4. The van der Waals surface area contributed by atoms with Crippen molar-refractivity contribution in [3.63, 3.8) is 0 Å². The van der Waals surface area contributed by atoms with Gasteiger partial charge < -0.3 is 4.74 Å². The summed E-state index contributed by atoms with van der Waals surface area (Å²) in [6.45, 7) is 2.17. The van der Waals surface area contributed by atoms with Crippen molar-refractivity contribution < 1.29 is 9.66 Å². The highest BCUT2D eigenvalue weighted by Crippen LogP contribution is 2.24. The first-order valence-electron chi connectivity index (χ1n) is 6.70. The van der Waals surface area contributed by atoms with E-state index in [9.17, 15) is 10.1 Å². The van der Waals surface area contributed by atoms with Crippen molar-refractivity contribution in [3.8, 4) is 11.5 Å². The summed E-state index contributed by atoms with van der Waals surface area (Å²) in [5, 5.41) is 10.6. The molecule has 0 amide bonds. The number of unbranched alkanes of at least 4 members (excludes halogenated alkanes) is 1. The van der Waals surface area contributed by atoms with E-state index < -0.39 is 4.92 Å². The molecule has 20 heavy (non-hydrogen) atoms. The van der Waals surface area contributed by atoms with Crippen molar-refractivity contribution in [2.75, 3.05) is 0 Å². The Hall–Kier alpha value is -2.36. The second kappa shape index (κ2) is 6.70. The Morgan fingerprint density at radius 3 is 2.05 bits per heavy atom. The van der Waals surface area contributed by atoms with Crippen LogP contribution in [-0.2, 0) is 6.42 Å². The van der Waals surface area contributed by atoms with E-state index in [4.69, 9.17) is 4.74 Å². The first-order valence-corrected chi connectivity index (χ1v) is 6.70. The van der Waals surface area contributed by atoms with Crippen LogP contribution in [0.25, 0.3) is 0 Å². The van der Waals surface area contributed by atoms with Crippen LogP contribution in [0.15, 0.2) is 48.5 Å². The van der Waals surface area contributed by atoms with Gasteiger partial charge in [0.15, 0.2) is 0 Å². The van der Waals surface area contributed by atoms with Gasteiger partial charge in [-0.15, -0.1) is 0 Å². The Labute approximate surface area is 118 Å². The summed E-state index contributed by atoms with van der Waals surface area (Å²) in [6, 6.07) is 14.0. The Bertz CT molecular complexity index is 561. The van der Waals surface area contributed by atoms with Gasteiger partial charge in [-0.1, -0.05) is 25.5 Å². The Morgan fingerprint density at radius 1 is 1.00 bits per heavy atom. The lowest BCUT2D eigenvalue weighted by atomic mass is 10.1. The van der Waals surface area contributed by atoms with Crippen molar-refractivity contribution in [3.05, 3.63) is 64.2 Å². The molecule has 4 heteroatoms. The molecule has 0 spiro atoms. The average Bonchev–Trinajstić information content (AvgIpc) is 2.47. The maximum Gasteiger partial charge on any atom is 0.269 e. The number of hydrogen-bond acceptors (Lipinski definition) is 3. The third-order valence-corrected chi connectivity index (χ3v) is 3.03. The quantitative estimate of drug-likeness (QED) is 0.563. The van der Waals surface area contributed by atoms with Crippen LogP contribution in [0.5, 0.6) is 11.5 Å². The van der Waals surface area contributed by atoms with Gasteiger partial charge in [-0.2, -0.15) is 0 Å². The molecule has 2 aromatic carbocycles. The minimum absolute atomic E-state index is 0.0623. The molecule has 0 unspecified atom stereocenters. The molecular weight excluding hydrogens is 254 g/mol. The highest BCUT2D eigenvalue weighted by atomic mass is 16.6. The summed E-state index contributed by atoms with van der Waals surface area (Å²) in [4.78, 5) is 10.1. The van der Waals surface area contributed by atoms with Crippen LogP contribution in [-0.4, -0.2) is 4.92 Å². The largest absolute Gasteiger partial charge is 0.457 e. The topological polar surface area (TPSA) is 52.4 Å². The SMILES string of the molecule is CCCCc1ccc(Oc2ccc([N+](=O)[O-])cc2)cc1. The van der Waals surface area contributed by atoms with Gasteiger partial charge in [0.1, 0.15) is 11.5 Å². The summed E-state index contributed by atoms with van der Waals surface area (Å²) in [7, 11) is 0. The van der Waals surface area contributed by atoms with E-state index in [1.807, 2.05) is 12.1 Å². The van der Waals surface area contributed by atoms with Gasteiger partial charge in [-0.05, 0) is 42.7 Å². The van der Waals surface area contributed by atoms with E-state index in [0.717, 1.165) is 12.2 Å². The Kier molecular flexibility index (Phi) is 4.71. The second-order valence-electron chi connectivity index (χ2n) is 4.60. The van der Waals surface area contributed by atoms with Crippen LogP contribution in [0.1, 0.15) is 25.3 Å². The number of nitro groups is 1. The molecule has 0 atom stereocenters. The molecule has 0 fully saturated rings. The predicted octanol–water partition coefficient (Wildman–Crippen LogP) is 4.73. The number of nitro benzene ring substituents is 1. The third kappa shape index (κ3) is 3.82. The number of aryl methyl sites for hydroxylation is 1. The maximum absolute atomic E-state index is 10.6. The smallest absolute Gasteiger partial charge is 0.269 e. The molecule has 0 aromatic heterocycles. The minimum atomic E-state index is -0.424. The summed E-state index contributed by atoms with van der Waals surface area (Å²) in [5.74, 6) is 1.33. The van der Waals surface area contributed by atoms with Gasteiger partial charge in [0.25, 0.3) is 5.69 Å². The molecule has 104 valence electrons. The monoisotopic (exact) mass is 271 g/mol. The minimum Gasteiger partial charge on any atom is -0.457 e. The van der Waals surface area contributed by atoms with Crippen LogP contribution in [0, 0.1) is 10.1 Å². The van der Waals surface area contributed by atoms with Crippen molar-refractivity contribution in [1.82, 2.24) is 0 Å². The molecule has 0 aliphatic rings. The number of hydrogen-bond donors (Lipinski definition) is 0. The van der Waals surface area contributed by atoms with Crippen LogP contribution in [0.4, 0.5) is 5.69 Å². The summed E-state index contributed by atoms with van der Waals surface area (Å²) in [5.41, 5.74) is 1.36. The van der Waals surface area contributed by atoms with Crippen molar-refractivity contribution in [2.45, 2.75) is 26.2 Å². The van der Waals surface area contributed by atoms with Crippen molar-refractivity contribution >= 4 is 5.69 Å². The lowest BCUT2D eigenvalue weighted by Gasteiger charge is -2.06. The molecule has 2 aromatic rings. The average molecular weight is 271 g/mol. The molecule has 0 radical (unpaired) electrons.